The van der Waals surface area contributed by atoms with Gasteiger partial charge in [0.1, 0.15) is 11.6 Å². The molecule has 0 atom stereocenters. The van der Waals surface area contributed by atoms with Crippen molar-refractivity contribution in [1.82, 2.24) is 0 Å². The summed E-state index contributed by atoms with van der Waals surface area (Å²) in [4.78, 5) is 11.3. The second kappa shape index (κ2) is 4.72. The molecule has 0 unspecified atom stereocenters. The Morgan fingerprint density at radius 1 is 1.57 bits per heavy atom. The van der Waals surface area contributed by atoms with E-state index in [1.807, 2.05) is 0 Å². The lowest BCUT2D eigenvalue weighted by Gasteiger charge is -2.03. The standard InChI is InChI=1S/C10H12FNO2/c1-14-7-2-3-8(9(11)6-7)10(13)4-5-12/h2-3,6H,4-5,12H2,1H3. The van der Waals surface area contributed by atoms with Gasteiger partial charge in [-0.05, 0) is 18.7 Å². The summed E-state index contributed by atoms with van der Waals surface area (Å²) < 4.78 is 18.1. The zero-order valence-corrected chi connectivity index (χ0v) is 7.92. The van der Waals surface area contributed by atoms with Crippen molar-refractivity contribution >= 4 is 5.78 Å². The van der Waals surface area contributed by atoms with E-state index >= 15 is 0 Å². The number of rotatable bonds is 4. The molecule has 3 nitrogen and oxygen atoms in total. The van der Waals surface area contributed by atoms with E-state index in [1.165, 1.54) is 19.2 Å². The minimum Gasteiger partial charge on any atom is -0.497 e. The van der Waals surface area contributed by atoms with Crippen LogP contribution in [0.15, 0.2) is 18.2 Å². The number of carbonyl (C=O) groups excluding carboxylic acids is 1. The molecule has 0 aromatic heterocycles. The van der Waals surface area contributed by atoms with Crippen LogP contribution < -0.4 is 10.5 Å². The number of Topliss-reactive ketones (excluding diaryl/α,β-unsaturated/α-hetero) is 1. The van der Waals surface area contributed by atoms with Gasteiger partial charge in [-0.1, -0.05) is 0 Å². The molecule has 0 aliphatic carbocycles. The van der Waals surface area contributed by atoms with Crippen molar-refractivity contribution in [2.75, 3.05) is 13.7 Å². The number of ether oxygens (including phenoxy) is 1. The largest absolute Gasteiger partial charge is 0.497 e. The third-order valence-electron chi connectivity index (χ3n) is 1.85. The van der Waals surface area contributed by atoms with Gasteiger partial charge in [0.05, 0.1) is 12.7 Å². The maximum absolute atomic E-state index is 13.3. The van der Waals surface area contributed by atoms with Gasteiger partial charge in [-0.2, -0.15) is 0 Å². The van der Waals surface area contributed by atoms with E-state index in [0.717, 1.165) is 0 Å². The first-order valence-corrected chi connectivity index (χ1v) is 4.26. The maximum atomic E-state index is 13.3. The average Bonchev–Trinajstić information content (AvgIpc) is 2.17. The smallest absolute Gasteiger partial charge is 0.167 e. The quantitative estimate of drug-likeness (QED) is 0.741. The van der Waals surface area contributed by atoms with Gasteiger partial charge in [0.25, 0.3) is 0 Å². The average molecular weight is 197 g/mol. The lowest BCUT2D eigenvalue weighted by molar-refractivity contribution is 0.0981. The highest BCUT2D eigenvalue weighted by molar-refractivity contribution is 5.96. The van der Waals surface area contributed by atoms with Crippen molar-refractivity contribution < 1.29 is 13.9 Å². The molecule has 0 spiro atoms. The van der Waals surface area contributed by atoms with Crippen molar-refractivity contribution in [2.24, 2.45) is 5.73 Å². The molecule has 0 aliphatic heterocycles. The Kier molecular flexibility index (Phi) is 3.59. The Morgan fingerprint density at radius 2 is 2.29 bits per heavy atom. The van der Waals surface area contributed by atoms with Crippen molar-refractivity contribution in [3.8, 4) is 5.75 Å². The predicted octanol–water partition coefficient (Wildman–Crippen LogP) is 1.37. The normalized spacial score (nSPS) is 9.93. The van der Waals surface area contributed by atoms with Gasteiger partial charge in [-0.25, -0.2) is 4.39 Å². The van der Waals surface area contributed by atoms with Gasteiger partial charge in [0, 0.05) is 12.5 Å². The fourth-order valence-electron chi connectivity index (χ4n) is 1.11. The summed E-state index contributed by atoms with van der Waals surface area (Å²) in [6.07, 6.45) is 0.156. The van der Waals surface area contributed by atoms with Crippen molar-refractivity contribution in [1.29, 1.82) is 0 Å². The number of ketones is 1. The summed E-state index contributed by atoms with van der Waals surface area (Å²) in [6.45, 7) is 0.226. The van der Waals surface area contributed by atoms with Gasteiger partial charge in [-0.15, -0.1) is 0 Å². The molecule has 0 saturated heterocycles. The predicted molar refractivity (Wildman–Crippen MR) is 51.0 cm³/mol. The third kappa shape index (κ3) is 2.29. The minimum absolute atomic E-state index is 0.0660. The zero-order chi connectivity index (χ0) is 10.6. The molecule has 2 N–H and O–H groups in total. The summed E-state index contributed by atoms with van der Waals surface area (Å²) in [5.41, 5.74) is 5.27. The molecule has 0 saturated carbocycles. The molecule has 0 bridgehead atoms. The summed E-state index contributed by atoms with van der Waals surface area (Å²) in [5, 5.41) is 0. The molecule has 1 aromatic rings. The van der Waals surface area contributed by atoms with E-state index in [4.69, 9.17) is 10.5 Å². The highest BCUT2D eigenvalue weighted by Gasteiger charge is 2.11. The number of hydrogen-bond donors (Lipinski definition) is 1. The highest BCUT2D eigenvalue weighted by atomic mass is 19.1. The molecular formula is C10H12FNO2. The van der Waals surface area contributed by atoms with E-state index in [2.05, 4.69) is 0 Å². The first kappa shape index (κ1) is 10.7. The van der Waals surface area contributed by atoms with Crippen LogP contribution in [-0.4, -0.2) is 19.4 Å². The van der Waals surface area contributed by atoms with Gasteiger partial charge >= 0.3 is 0 Å². The Labute approximate surface area is 81.7 Å². The molecular weight excluding hydrogens is 185 g/mol. The Hall–Kier alpha value is -1.42. The SMILES string of the molecule is COc1ccc(C(=O)CCN)c(F)c1. The molecule has 0 heterocycles. The summed E-state index contributed by atoms with van der Waals surface area (Å²) in [6, 6.07) is 4.14. The van der Waals surface area contributed by atoms with Crippen molar-refractivity contribution in [3.05, 3.63) is 29.6 Å². The van der Waals surface area contributed by atoms with Crippen LogP contribution in [-0.2, 0) is 0 Å². The third-order valence-corrected chi connectivity index (χ3v) is 1.85. The van der Waals surface area contributed by atoms with Crippen LogP contribution in [0, 0.1) is 5.82 Å². The van der Waals surface area contributed by atoms with E-state index in [0.29, 0.717) is 5.75 Å². The van der Waals surface area contributed by atoms with E-state index in [9.17, 15) is 9.18 Å². The maximum Gasteiger partial charge on any atom is 0.167 e. The second-order valence-electron chi connectivity index (χ2n) is 2.81. The van der Waals surface area contributed by atoms with Gasteiger partial charge in [0.2, 0.25) is 0 Å². The first-order valence-electron chi connectivity index (χ1n) is 4.26. The molecule has 1 rings (SSSR count). The Morgan fingerprint density at radius 3 is 2.79 bits per heavy atom. The van der Waals surface area contributed by atoms with Gasteiger partial charge < -0.3 is 10.5 Å². The Balaban J connectivity index is 2.94. The van der Waals surface area contributed by atoms with Crippen LogP contribution in [0.25, 0.3) is 0 Å². The van der Waals surface area contributed by atoms with E-state index in [1.54, 1.807) is 6.07 Å². The van der Waals surface area contributed by atoms with Crippen LogP contribution in [0.1, 0.15) is 16.8 Å². The van der Waals surface area contributed by atoms with E-state index < -0.39 is 5.82 Å². The number of carbonyl (C=O) groups is 1. The zero-order valence-electron chi connectivity index (χ0n) is 7.92. The topological polar surface area (TPSA) is 52.3 Å². The number of nitrogens with two attached hydrogens (primary N) is 1. The lowest BCUT2D eigenvalue weighted by Crippen LogP contribution is -2.09. The molecule has 0 amide bonds. The van der Waals surface area contributed by atoms with Crippen LogP contribution in [0.3, 0.4) is 0 Å². The second-order valence-corrected chi connectivity index (χ2v) is 2.81. The summed E-state index contributed by atoms with van der Waals surface area (Å²) >= 11 is 0. The highest BCUT2D eigenvalue weighted by Crippen LogP contribution is 2.17. The van der Waals surface area contributed by atoms with Gasteiger partial charge in [0.15, 0.2) is 5.78 Å². The fraction of sp³-hybridized carbons (Fsp3) is 0.300. The van der Waals surface area contributed by atoms with Crippen LogP contribution >= 0.6 is 0 Å². The van der Waals surface area contributed by atoms with Gasteiger partial charge in [-0.3, -0.25) is 4.79 Å². The Bertz CT molecular complexity index is 339. The van der Waals surface area contributed by atoms with Crippen LogP contribution in [0.2, 0.25) is 0 Å². The summed E-state index contributed by atoms with van der Waals surface area (Å²) in [5.74, 6) is -0.456. The molecule has 14 heavy (non-hydrogen) atoms. The molecule has 0 fully saturated rings. The molecule has 1 aromatic carbocycles. The molecule has 76 valence electrons. The fourth-order valence-corrected chi connectivity index (χ4v) is 1.11. The lowest BCUT2D eigenvalue weighted by atomic mass is 10.1. The number of benzene rings is 1. The number of methoxy groups -OCH3 is 1. The first-order chi connectivity index (χ1) is 6.69. The number of halogens is 1. The van der Waals surface area contributed by atoms with E-state index in [-0.39, 0.29) is 24.3 Å². The van der Waals surface area contributed by atoms with Crippen molar-refractivity contribution in [3.63, 3.8) is 0 Å². The summed E-state index contributed by atoms with van der Waals surface area (Å²) in [7, 11) is 1.44. The molecule has 4 heteroatoms. The van der Waals surface area contributed by atoms with Crippen molar-refractivity contribution in [2.45, 2.75) is 6.42 Å². The molecule has 0 aliphatic rings. The van der Waals surface area contributed by atoms with Crippen LogP contribution in [0.4, 0.5) is 4.39 Å². The van der Waals surface area contributed by atoms with Crippen LogP contribution in [0.5, 0.6) is 5.75 Å². The molecule has 0 radical (unpaired) electrons. The number of hydrogen-bond acceptors (Lipinski definition) is 3. The minimum atomic E-state index is -0.567. The monoisotopic (exact) mass is 197 g/mol.